The van der Waals surface area contributed by atoms with Crippen LogP contribution in [0.1, 0.15) is 65.2 Å². The molecule has 0 aromatic heterocycles. The number of carbonyl (C=O) groups is 5. The van der Waals surface area contributed by atoms with E-state index in [4.69, 9.17) is 67.6 Å². The SMILES string of the molecule is CC1C(C(OC(=O)NCCCCCCN)[C@H](O)CO)OC(C(=O)O)=C[C@@H]1N=C(N)N.COC(=O)C1=C[C@H](N=C(N)N)C(C)C(C(OC(=O)NCCCCCCN)[C@H]2COC(=O)O2)O1. The second-order valence-electron chi connectivity index (χ2n) is 14.8. The van der Waals surface area contributed by atoms with Gasteiger partial charge in [0.05, 0.1) is 25.8 Å². The third-order valence-corrected chi connectivity index (χ3v) is 9.96. The molecule has 2 amide bonds. The average Bonchev–Trinajstić information content (AvgIpc) is 3.68. The van der Waals surface area contributed by atoms with E-state index in [0.717, 1.165) is 51.4 Å². The van der Waals surface area contributed by atoms with E-state index in [0.29, 0.717) is 26.2 Å². The molecule has 0 aromatic carbocycles. The van der Waals surface area contributed by atoms with E-state index >= 15 is 0 Å². The van der Waals surface area contributed by atoms with Crippen LogP contribution in [0.5, 0.6) is 0 Å². The number of carbonyl (C=O) groups excluding carboxylic acids is 4. The Labute approximate surface area is 365 Å². The summed E-state index contributed by atoms with van der Waals surface area (Å²) in [4.78, 5) is 67.9. The fourth-order valence-electron chi connectivity index (χ4n) is 6.60. The zero-order valence-corrected chi connectivity index (χ0v) is 35.9. The Morgan fingerprint density at radius 3 is 1.73 bits per heavy atom. The van der Waals surface area contributed by atoms with Crippen molar-refractivity contribution >= 4 is 42.2 Å². The first kappa shape index (κ1) is 53.3. The lowest BCUT2D eigenvalue weighted by Gasteiger charge is -2.38. The molecule has 3 rings (SSSR count). The van der Waals surface area contributed by atoms with Gasteiger partial charge in [-0.15, -0.1) is 0 Å². The van der Waals surface area contributed by atoms with Gasteiger partial charge >= 0.3 is 30.3 Å². The number of nitrogens with zero attached hydrogens (tertiary/aromatic N) is 2. The first-order chi connectivity index (χ1) is 30.0. The van der Waals surface area contributed by atoms with Gasteiger partial charge in [0.25, 0.3) is 0 Å². The standard InChI is InChI=1S/C20H33N5O8.C18H33N5O7/c1-11-12(25-18(22)23)9-13(17(26)29-2)31-15(11)16(14-10-30-20(28)32-14)33-19(27)24-8-6-4-3-5-7-21;1-10-11(23-17(20)21)8-13(16(26)27)29-14(10)15(12(25)9-24)30-18(28)22-7-5-3-2-4-6-19/h9,11-12,14-16H,3-8,10,21H2,1-2H3,(H,24,27)(H4,22,23,25);8,10-12,14-15,24-25H,2-7,9,19H2,1H3,(H,22,28)(H,26,27)(H4,20,21,23)/t11?,12-,14+,15?,16?;10?,11-,12+,14?,15?/m00/s1. The summed E-state index contributed by atoms with van der Waals surface area (Å²) in [5.41, 5.74) is 32.8. The van der Waals surface area contributed by atoms with Crippen molar-refractivity contribution in [3.63, 3.8) is 0 Å². The molecule has 358 valence electrons. The molecular formula is C38H66N10O15. The maximum Gasteiger partial charge on any atom is 0.508 e. The van der Waals surface area contributed by atoms with Gasteiger partial charge in [-0.3, -0.25) is 0 Å². The summed E-state index contributed by atoms with van der Waals surface area (Å²) >= 11 is 0. The molecule has 25 nitrogen and oxygen atoms in total. The van der Waals surface area contributed by atoms with Crippen molar-refractivity contribution in [1.82, 2.24) is 10.6 Å². The molecule has 3 heterocycles. The lowest BCUT2D eigenvalue weighted by Crippen LogP contribution is -2.52. The lowest BCUT2D eigenvalue weighted by atomic mass is 9.87. The number of carboxylic acids is 1. The van der Waals surface area contributed by atoms with Crippen molar-refractivity contribution in [2.75, 3.05) is 46.5 Å². The number of esters is 1. The van der Waals surface area contributed by atoms with Gasteiger partial charge in [0.1, 0.15) is 24.9 Å². The van der Waals surface area contributed by atoms with Crippen molar-refractivity contribution in [3.05, 3.63) is 23.7 Å². The van der Waals surface area contributed by atoms with Crippen LogP contribution in [0.2, 0.25) is 0 Å². The minimum atomic E-state index is -1.51. The Morgan fingerprint density at radius 1 is 0.778 bits per heavy atom. The average molecular weight is 903 g/mol. The number of ether oxygens (including phenoxy) is 7. The Bertz CT molecular complexity index is 1610. The number of unbranched alkanes of at least 4 members (excludes halogenated alkanes) is 6. The summed E-state index contributed by atoms with van der Waals surface area (Å²) in [5.74, 6) is -4.26. The van der Waals surface area contributed by atoms with Crippen molar-refractivity contribution in [2.45, 2.75) is 114 Å². The molecule has 6 unspecified atom stereocenters. The molecule has 1 saturated heterocycles. The normalized spacial score (nSPS) is 23.9. The van der Waals surface area contributed by atoms with Crippen molar-refractivity contribution in [1.29, 1.82) is 0 Å². The highest BCUT2D eigenvalue weighted by Crippen LogP contribution is 2.33. The van der Waals surface area contributed by atoms with Crippen molar-refractivity contribution in [3.8, 4) is 0 Å². The second-order valence-corrected chi connectivity index (χ2v) is 14.8. The smallest absolute Gasteiger partial charge is 0.479 e. The molecule has 0 radical (unpaired) electrons. The molecular weight excluding hydrogens is 836 g/mol. The fourth-order valence-corrected chi connectivity index (χ4v) is 6.60. The van der Waals surface area contributed by atoms with E-state index < -0.39 is 103 Å². The molecule has 0 aliphatic carbocycles. The molecule has 10 atom stereocenters. The topological polar surface area (TPSA) is 416 Å². The number of carboxylic acid groups (broad SMARTS) is 1. The number of aliphatic imine (C=N–C) groups is 2. The Morgan fingerprint density at radius 2 is 1.27 bits per heavy atom. The highest BCUT2D eigenvalue weighted by Gasteiger charge is 2.48. The van der Waals surface area contributed by atoms with E-state index in [1.54, 1.807) is 13.8 Å². The number of aliphatic hydroxyl groups excluding tert-OH is 2. The van der Waals surface area contributed by atoms with Gasteiger partial charge in [-0.05, 0) is 50.9 Å². The minimum Gasteiger partial charge on any atom is -0.479 e. The third-order valence-electron chi connectivity index (χ3n) is 9.96. The Kier molecular flexibility index (Phi) is 23.7. The molecule has 0 aromatic rings. The zero-order valence-electron chi connectivity index (χ0n) is 35.9. The molecule has 0 spiro atoms. The number of rotatable bonds is 23. The van der Waals surface area contributed by atoms with Crippen molar-refractivity contribution < 1.29 is 72.5 Å². The quantitative estimate of drug-likeness (QED) is 0.0182. The number of amides is 2. The molecule has 3 aliphatic heterocycles. The van der Waals surface area contributed by atoms with Crippen LogP contribution in [0.4, 0.5) is 14.4 Å². The molecule has 0 bridgehead atoms. The third kappa shape index (κ3) is 18.2. The highest BCUT2D eigenvalue weighted by atomic mass is 16.8. The van der Waals surface area contributed by atoms with Gasteiger partial charge in [0.2, 0.25) is 11.5 Å². The maximum absolute atomic E-state index is 12.5. The first-order valence-corrected chi connectivity index (χ1v) is 20.6. The van der Waals surface area contributed by atoms with Gasteiger partial charge in [-0.1, -0.05) is 39.5 Å². The first-order valence-electron chi connectivity index (χ1n) is 20.6. The van der Waals surface area contributed by atoms with Gasteiger partial charge in [-0.25, -0.2) is 34.0 Å². The summed E-state index contributed by atoms with van der Waals surface area (Å²) in [7, 11) is 1.19. The van der Waals surface area contributed by atoms with E-state index in [9.17, 15) is 39.3 Å². The van der Waals surface area contributed by atoms with Crippen LogP contribution in [0, 0.1) is 11.8 Å². The molecule has 25 heteroatoms. The number of aliphatic carboxylic acids is 1. The minimum absolute atomic E-state index is 0.158. The zero-order chi connectivity index (χ0) is 47.1. The monoisotopic (exact) mass is 902 g/mol. The van der Waals surface area contributed by atoms with E-state index in [1.807, 2.05) is 0 Å². The number of nitrogens with one attached hydrogen (secondary N) is 2. The van der Waals surface area contributed by atoms with Gasteiger partial charge in [-0.2, -0.15) is 0 Å². The summed E-state index contributed by atoms with van der Waals surface area (Å²) in [6.07, 6.45) is 0.168. The molecule has 0 saturated carbocycles. The van der Waals surface area contributed by atoms with Crippen LogP contribution in [-0.4, -0.2) is 153 Å². The van der Waals surface area contributed by atoms with Crippen LogP contribution < -0.4 is 45.0 Å². The molecule has 3 aliphatic rings. The maximum atomic E-state index is 12.5. The number of aliphatic hydroxyl groups is 2. The Hall–Kier alpha value is -5.79. The lowest BCUT2D eigenvalue weighted by molar-refractivity contribution is -0.148. The van der Waals surface area contributed by atoms with E-state index in [-0.39, 0.29) is 24.3 Å². The van der Waals surface area contributed by atoms with Crippen LogP contribution in [-0.2, 0) is 42.7 Å². The van der Waals surface area contributed by atoms with Gasteiger partial charge in [0, 0.05) is 24.9 Å². The van der Waals surface area contributed by atoms with E-state index in [2.05, 4.69) is 20.6 Å². The molecule has 17 N–H and O–H groups in total. The predicted molar refractivity (Wildman–Crippen MR) is 224 cm³/mol. The van der Waals surface area contributed by atoms with Crippen LogP contribution in [0.25, 0.3) is 0 Å². The van der Waals surface area contributed by atoms with Crippen molar-refractivity contribution in [2.24, 2.45) is 56.2 Å². The van der Waals surface area contributed by atoms with Gasteiger partial charge in [0.15, 0.2) is 30.2 Å². The van der Waals surface area contributed by atoms with Crippen LogP contribution in [0.3, 0.4) is 0 Å². The molecule has 1 fully saturated rings. The molecule has 63 heavy (non-hydrogen) atoms. The number of guanidine groups is 2. The Balaban J connectivity index is 0.000000436. The highest BCUT2D eigenvalue weighted by molar-refractivity contribution is 5.87. The fraction of sp³-hybridized carbons (Fsp3) is 0.711. The number of cyclic esters (lactones) is 2. The second kappa shape index (κ2) is 28.0. The number of alkyl carbamates (subject to hydrolysis) is 2. The summed E-state index contributed by atoms with van der Waals surface area (Å²) in [6.45, 7) is 4.48. The van der Waals surface area contributed by atoms with Crippen LogP contribution >= 0.6 is 0 Å². The van der Waals surface area contributed by atoms with E-state index in [1.165, 1.54) is 19.3 Å². The predicted octanol–water partition coefficient (Wildman–Crippen LogP) is -1.53. The number of hydrogen-bond acceptors (Lipinski definition) is 18. The van der Waals surface area contributed by atoms with Crippen LogP contribution in [0.15, 0.2) is 33.7 Å². The summed E-state index contributed by atoms with van der Waals surface area (Å²) in [6, 6.07) is -1.47. The summed E-state index contributed by atoms with van der Waals surface area (Å²) < 4.78 is 36.9. The largest absolute Gasteiger partial charge is 0.508 e. The van der Waals surface area contributed by atoms with Gasteiger partial charge < -0.3 is 93.5 Å². The number of methoxy groups -OCH3 is 1. The summed E-state index contributed by atoms with van der Waals surface area (Å²) in [5, 5.41) is 34.1. The number of nitrogens with two attached hydrogens (primary N) is 6. The number of hydrogen-bond donors (Lipinski definition) is 11.